The van der Waals surface area contributed by atoms with Crippen LogP contribution in [0.4, 0.5) is 0 Å². The van der Waals surface area contributed by atoms with Crippen LogP contribution in [0.2, 0.25) is 0 Å². The van der Waals surface area contributed by atoms with Gasteiger partial charge in [-0.25, -0.2) is 9.59 Å². The molecule has 0 fully saturated rings. The Balaban J connectivity index is 2.06. The predicted octanol–water partition coefficient (Wildman–Crippen LogP) is 2.25. The van der Waals surface area contributed by atoms with Crippen LogP contribution in [0.5, 0.6) is 5.75 Å². The van der Waals surface area contributed by atoms with E-state index < -0.39 is 29.9 Å². The molecule has 24 heavy (non-hydrogen) atoms. The topological polar surface area (TPSA) is 118 Å². The number of carbonyl (C=O) groups excluding carboxylic acids is 2. The van der Waals surface area contributed by atoms with Crippen molar-refractivity contribution in [1.29, 1.82) is 0 Å². The molecule has 0 bridgehead atoms. The number of Topliss-reactive ketones (excluding diaryl/α,β-unsaturated/α-hetero) is 2. The van der Waals surface area contributed by atoms with Crippen LogP contribution < -0.4 is 4.74 Å². The van der Waals surface area contributed by atoms with Crippen molar-refractivity contribution in [3.05, 3.63) is 51.7 Å². The number of aromatic carboxylic acids is 1. The third-order valence-corrected chi connectivity index (χ3v) is 4.00. The van der Waals surface area contributed by atoms with Crippen molar-refractivity contribution in [2.45, 2.75) is 13.0 Å². The van der Waals surface area contributed by atoms with Gasteiger partial charge in [-0.1, -0.05) is 12.1 Å². The number of carbonyl (C=O) groups is 4. The number of aliphatic carboxylic acids is 1. The molecule has 0 aliphatic carbocycles. The van der Waals surface area contributed by atoms with Gasteiger partial charge in [0.25, 0.3) is 0 Å². The highest BCUT2D eigenvalue weighted by Gasteiger charge is 2.18. The highest BCUT2D eigenvalue weighted by atomic mass is 32.1. The summed E-state index contributed by atoms with van der Waals surface area (Å²) in [6.45, 7) is 0.0107. The molecule has 1 aromatic carbocycles. The molecule has 0 saturated carbocycles. The van der Waals surface area contributed by atoms with Crippen molar-refractivity contribution in [2.24, 2.45) is 0 Å². The van der Waals surface area contributed by atoms with Gasteiger partial charge in [-0.05, 0) is 23.6 Å². The van der Waals surface area contributed by atoms with Gasteiger partial charge in [0.2, 0.25) is 5.78 Å². The van der Waals surface area contributed by atoms with Crippen molar-refractivity contribution < 1.29 is 34.1 Å². The fourth-order valence-corrected chi connectivity index (χ4v) is 2.63. The third kappa shape index (κ3) is 4.26. The van der Waals surface area contributed by atoms with E-state index in [9.17, 15) is 19.2 Å². The van der Waals surface area contributed by atoms with Gasteiger partial charge in [-0.2, -0.15) is 0 Å². The van der Waals surface area contributed by atoms with Crippen molar-refractivity contribution in [3.8, 4) is 5.75 Å². The predicted molar refractivity (Wildman–Crippen MR) is 83.6 cm³/mol. The molecule has 2 aromatic rings. The molecule has 2 N–H and O–H groups in total. The van der Waals surface area contributed by atoms with Crippen LogP contribution in [0.1, 0.15) is 32.0 Å². The molecule has 0 radical (unpaired) electrons. The lowest BCUT2D eigenvalue weighted by atomic mass is 10.1. The van der Waals surface area contributed by atoms with E-state index in [1.54, 1.807) is 17.5 Å². The molecule has 0 amide bonds. The van der Waals surface area contributed by atoms with E-state index in [1.807, 2.05) is 0 Å². The van der Waals surface area contributed by atoms with E-state index in [2.05, 4.69) is 0 Å². The Labute approximate surface area is 140 Å². The summed E-state index contributed by atoms with van der Waals surface area (Å²) in [4.78, 5) is 44.6. The summed E-state index contributed by atoms with van der Waals surface area (Å²) in [5.74, 6) is -4.20. The van der Waals surface area contributed by atoms with Gasteiger partial charge >= 0.3 is 11.9 Å². The third-order valence-electron chi connectivity index (χ3n) is 3.05. The Morgan fingerprint density at radius 3 is 2.50 bits per heavy atom. The molecular weight excluding hydrogens is 336 g/mol. The van der Waals surface area contributed by atoms with Crippen LogP contribution in [0.25, 0.3) is 0 Å². The monoisotopic (exact) mass is 348 g/mol. The lowest BCUT2D eigenvalue weighted by Gasteiger charge is -2.07. The number of hydrogen-bond donors (Lipinski definition) is 2. The number of rotatable bonds is 8. The maximum atomic E-state index is 11.9. The number of carboxylic acid groups (broad SMARTS) is 2. The van der Waals surface area contributed by atoms with E-state index in [4.69, 9.17) is 14.9 Å². The van der Waals surface area contributed by atoms with Crippen LogP contribution >= 0.6 is 11.3 Å². The standard InChI is InChI=1S/C16H12O7S/c17-12(7-13(18)15(19)20)9-2-1-3-11(6-9)23-8-10-4-5-24-14(10)16(21)22/h1-6H,7-8H2,(H,19,20)(H,21,22). The van der Waals surface area contributed by atoms with Crippen molar-refractivity contribution in [1.82, 2.24) is 0 Å². The van der Waals surface area contributed by atoms with Gasteiger partial charge < -0.3 is 14.9 Å². The van der Waals surface area contributed by atoms with E-state index >= 15 is 0 Å². The summed E-state index contributed by atoms with van der Waals surface area (Å²) in [5, 5.41) is 19.2. The highest BCUT2D eigenvalue weighted by Crippen LogP contribution is 2.21. The zero-order valence-electron chi connectivity index (χ0n) is 12.2. The smallest absolute Gasteiger partial charge is 0.372 e. The molecule has 0 aliphatic rings. The van der Waals surface area contributed by atoms with Gasteiger partial charge in [-0.15, -0.1) is 11.3 Å². The first-order chi connectivity index (χ1) is 11.4. The molecule has 0 saturated heterocycles. The van der Waals surface area contributed by atoms with Gasteiger partial charge in [0, 0.05) is 11.1 Å². The van der Waals surface area contributed by atoms with Crippen LogP contribution in [-0.4, -0.2) is 33.7 Å². The Morgan fingerprint density at radius 1 is 1.08 bits per heavy atom. The van der Waals surface area contributed by atoms with E-state index in [0.717, 1.165) is 11.3 Å². The molecule has 7 nitrogen and oxygen atoms in total. The Bertz CT molecular complexity index is 806. The van der Waals surface area contributed by atoms with Crippen LogP contribution in [0.15, 0.2) is 35.7 Å². The zero-order valence-corrected chi connectivity index (χ0v) is 13.0. The summed E-state index contributed by atoms with van der Waals surface area (Å²) in [6, 6.07) is 7.55. The minimum atomic E-state index is -1.66. The lowest BCUT2D eigenvalue weighted by molar-refractivity contribution is -0.148. The minimum Gasteiger partial charge on any atom is -0.489 e. The number of ketones is 2. The molecule has 1 heterocycles. The summed E-state index contributed by atoms with van der Waals surface area (Å²) in [5.41, 5.74) is 0.649. The second-order valence-corrected chi connectivity index (χ2v) is 5.64. The molecule has 1 aromatic heterocycles. The van der Waals surface area contributed by atoms with E-state index in [0.29, 0.717) is 11.3 Å². The molecular formula is C16H12O7S. The summed E-state index contributed by atoms with van der Waals surface area (Å²) < 4.78 is 5.47. The van der Waals surface area contributed by atoms with Gasteiger partial charge in [-0.3, -0.25) is 9.59 Å². The quantitative estimate of drug-likeness (QED) is 0.427. The second-order valence-electron chi connectivity index (χ2n) is 4.72. The largest absolute Gasteiger partial charge is 0.489 e. The van der Waals surface area contributed by atoms with Crippen molar-refractivity contribution in [2.75, 3.05) is 0 Å². The average molecular weight is 348 g/mol. The maximum absolute atomic E-state index is 11.9. The summed E-state index contributed by atoms with van der Waals surface area (Å²) in [7, 11) is 0. The van der Waals surface area contributed by atoms with Gasteiger partial charge in [0.15, 0.2) is 5.78 Å². The van der Waals surface area contributed by atoms with Gasteiger partial charge in [0.05, 0.1) is 6.42 Å². The minimum absolute atomic E-state index is 0.0107. The normalized spacial score (nSPS) is 10.2. The SMILES string of the molecule is O=C(O)C(=O)CC(=O)c1cccc(OCc2ccsc2C(=O)O)c1. The van der Waals surface area contributed by atoms with Crippen molar-refractivity contribution in [3.63, 3.8) is 0 Å². The maximum Gasteiger partial charge on any atom is 0.372 e. The Morgan fingerprint density at radius 2 is 1.83 bits per heavy atom. The van der Waals surface area contributed by atoms with Crippen LogP contribution in [-0.2, 0) is 16.2 Å². The summed E-state index contributed by atoms with van der Waals surface area (Å²) in [6.07, 6.45) is -0.730. The average Bonchev–Trinajstić information content (AvgIpc) is 3.01. The molecule has 0 aliphatic heterocycles. The first-order valence-electron chi connectivity index (χ1n) is 6.70. The summed E-state index contributed by atoms with van der Waals surface area (Å²) >= 11 is 1.08. The molecule has 8 heteroatoms. The molecule has 0 spiro atoms. The second kappa shape index (κ2) is 7.51. The molecule has 124 valence electrons. The lowest BCUT2D eigenvalue weighted by Crippen LogP contribution is -2.17. The number of benzene rings is 1. The number of thiophene rings is 1. The van der Waals surface area contributed by atoms with E-state index in [1.165, 1.54) is 18.2 Å². The highest BCUT2D eigenvalue weighted by molar-refractivity contribution is 7.12. The fraction of sp³-hybridized carbons (Fsp3) is 0.125. The number of carboxylic acids is 2. The fourth-order valence-electron chi connectivity index (χ4n) is 1.88. The van der Waals surface area contributed by atoms with Crippen LogP contribution in [0.3, 0.4) is 0 Å². The number of hydrogen-bond acceptors (Lipinski definition) is 6. The Hall–Kier alpha value is -3.00. The first kappa shape index (κ1) is 17.4. The van der Waals surface area contributed by atoms with Gasteiger partial charge in [0.1, 0.15) is 17.2 Å². The van der Waals surface area contributed by atoms with E-state index in [-0.39, 0.29) is 17.0 Å². The molecule has 0 unspecified atom stereocenters. The number of ether oxygens (including phenoxy) is 1. The molecule has 2 rings (SSSR count). The Kier molecular flexibility index (Phi) is 5.43. The van der Waals surface area contributed by atoms with Crippen molar-refractivity contribution >= 4 is 34.8 Å². The van der Waals surface area contributed by atoms with Crippen LogP contribution in [0, 0.1) is 0 Å². The molecule has 0 atom stereocenters. The first-order valence-corrected chi connectivity index (χ1v) is 7.58. The zero-order chi connectivity index (χ0) is 17.7.